The van der Waals surface area contributed by atoms with Crippen LogP contribution in [-0.4, -0.2) is 58.5 Å². The van der Waals surface area contributed by atoms with Crippen LogP contribution in [0.2, 0.25) is 0 Å². The fourth-order valence-electron chi connectivity index (χ4n) is 11.2. The number of carbonyl (C=O) groups excluding carboxylic acids is 4. The zero-order chi connectivity index (χ0) is 40.1. The van der Waals surface area contributed by atoms with E-state index in [1.165, 1.54) is 44.9 Å². The third-order valence-corrected chi connectivity index (χ3v) is 15.4. The van der Waals surface area contributed by atoms with Gasteiger partial charge in [0.15, 0.2) is 0 Å². The topological polar surface area (TPSA) is 125 Å². The van der Waals surface area contributed by atoms with Crippen molar-refractivity contribution in [2.75, 3.05) is 6.61 Å². The Morgan fingerprint density at radius 2 is 1.11 bits per heavy atom. The molecule has 0 aromatic heterocycles. The molecule has 0 aromatic carbocycles. The molecule has 9 heteroatoms. The van der Waals surface area contributed by atoms with Gasteiger partial charge in [0.2, 0.25) is 0 Å². The maximum atomic E-state index is 12.6. The summed E-state index contributed by atoms with van der Waals surface area (Å²) in [4.78, 5) is 47.3. The molecular formula is C45H74O9. The van der Waals surface area contributed by atoms with E-state index in [1.807, 2.05) is 55.4 Å². The smallest absolute Gasteiger partial charge is 0.312 e. The van der Waals surface area contributed by atoms with Gasteiger partial charge in [0.25, 0.3) is 0 Å². The Hall–Kier alpha value is -2.16. The lowest BCUT2D eigenvalue weighted by molar-refractivity contribution is -0.225. The number of cyclic esters (lactones) is 1. The van der Waals surface area contributed by atoms with Gasteiger partial charge in [0.1, 0.15) is 23.9 Å². The van der Waals surface area contributed by atoms with Crippen LogP contribution in [0.1, 0.15) is 179 Å². The van der Waals surface area contributed by atoms with Crippen LogP contribution in [0.4, 0.5) is 0 Å². The first-order valence-corrected chi connectivity index (χ1v) is 21.4. The molecule has 9 fully saturated rings. The lowest BCUT2D eigenvalue weighted by Gasteiger charge is -2.61. The van der Waals surface area contributed by atoms with Gasteiger partial charge in [-0.05, 0) is 175 Å². The molecular weight excluding hydrogens is 684 g/mol. The largest absolute Gasteiger partial charge is 0.462 e. The standard InChI is InChI=1S/C19H32O2.C16H26O3.C10H16O4/c1-6-17(2,3)16(20)21-18(4,5)19-10-13-7-14(11-19)9-15(8-13)12-19;1-4-14(2,3)13(17)19-16-8-11-5-12(9-16)7-15(18,6-11)10-16;1-4-10(2,3)9(12)14-7-5-8(11)13-6-7/h13-15H,6-12H2,1-5H3;11-12,18H,4-10H2,1-3H3;7H,4-6H2,1-3H3. The molecule has 0 radical (unpaired) electrons. The Bertz CT molecular complexity index is 1360. The minimum atomic E-state index is -0.555. The van der Waals surface area contributed by atoms with Gasteiger partial charge in [-0.25, -0.2) is 0 Å². The van der Waals surface area contributed by atoms with Crippen molar-refractivity contribution in [3.05, 3.63) is 0 Å². The number of rotatable bonds is 10. The molecule has 0 amide bonds. The molecule has 0 spiro atoms. The maximum absolute atomic E-state index is 12.6. The van der Waals surface area contributed by atoms with Crippen LogP contribution in [0, 0.1) is 51.2 Å². The third kappa shape index (κ3) is 9.17. The molecule has 0 aromatic rings. The van der Waals surface area contributed by atoms with Gasteiger partial charge in [0.05, 0.1) is 28.3 Å². The average Bonchev–Trinajstić information content (AvgIpc) is 3.47. The highest BCUT2D eigenvalue weighted by atomic mass is 16.6. The molecule has 9 rings (SSSR count). The van der Waals surface area contributed by atoms with Gasteiger partial charge in [-0.3, -0.25) is 19.2 Å². The van der Waals surface area contributed by atoms with Crippen molar-refractivity contribution in [1.29, 1.82) is 0 Å². The Balaban J connectivity index is 0.000000159. The second kappa shape index (κ2) is 15.3. The quantitative estimate of drug-likeness (QED) is 0.171. The highest BCUT2D eigenvalue weighted by molar-refractivity contribution is 5.78. The second-order valence-corrected chi connectivity index (χ2v) is 21.5. The van der Waals surface area contributed by atoms with E-state index in [0.29, 0.717) is 24.7 Å². The van der Waals surface area contributed by atoms with Crippen LogP contribution >= 0.6 is 0 Å². The molecule has 3 unspecified atom stereocenters. The van der Waals surface area contributed by atoms with E-state index >= 15 is 0 Å². The van der Waals surface area contributed by atoms with Crippen LogP contribution in [0.25, 0.3) is 0 Å². The molecule has 9 aliphatic rings. The Kier molecular flexibility index (Phi) is 12.2. The van der Waals surface area contributed by atoms with Crippen molar-refractivity contribution < 1.29 is 43.2 Å². The van der Waals surface area contributed by atoms with E-state index in [1.54, 1.807) is 0 Å². The number of aliphatic hydroxyl groups is 1. The maximum Gasteiger partial charge on any atom is 0.312 e. The van der Waals surface area contributed by atoms with Crippen LogP contribution in [0.5, 0.6) is 0 Å². The summed E-state index contributed by atoms with van der Waals surface area (Å²) in [5, 5.41) is 10.6. The lowest BCUT2D eigenvalue weighted by atomic mass is 9.46. The zero-order valence-electron chi connectivity index (χ0n) is 35.7. The van der Waals surface area contributed by atoms with Crippen molar-refractivity contribution in [2.45, 2.75) is 202 Å². The van der Waals surface area contributed by atoms with Crippen molar-refractivity contribution >= 4 is 23.9 Å². The number of hydrogen-bond acceptors (Lipinski definition) is 9. The summed E-state index contributed by atoms with van der Waals surface area (Å²) >= 11 is 0. The first-order chi connectivity index (χ1) is 24.9. The van der Waals surface area contributed by atoms with E-state index in [-0.39, 0.29) is 65.0 Å². The molecule has 1 heterocycles. The van der Waals surface area contributed by atoms with Crippen molar-refractivity contribution in [1.82, 2.24) is 0 Å². The summed E-state index contributed by atoms with van der Waals surface area (Å²) in [7, 11) is 0. The van der Waals surface area contributed by atoms with Gasteiger partial charge in [0, 0.05) is 11.8 Å². The van der Waals surface area contributed by atoms with Crippen molar-refractivity contribution in [3.63, 3.8) is 0 Å². The molecule has 9 nitrogen and oxygen atoms in total. The van der Waals surface area contributed by atoms with Crippen LogP contribution in [0.15, 0.2) is 0 Å². The van der Waals surface area contributed by atoms with Crippen LogP contribution < -0.4 is 0 Å². The highest BCUT2D eigenvalue weighted by Crippen LogP contribution is 2.64. The van der Waals surface area contributed by atoms with Gasteiger partial charge in [-0.1, -0.05) is 20.8 Å². The lowest BCUT2D eigenvalue weighted by Crippen LogP contribution is -2.61. The molecule has 54 heavy (non-hydrogen) atoms. The summed E-state index contributed by atoms with van der Waals surface area (Å²) in [5.41, 5.74) is -2.23. The normalized spacial score (nSPS) is 36.3. The molecule has 1 aliphatic heterocycles. The summed E-state index contributed by atoms with van der Waals surface area (Å²) < 4.78 is 22.0. The number of esters is 4. The summed E-state index contributed by atoms with van der Waals surface area (Å²) in [5.74, 6) is 3.16. The predicted molar refractivity (Wildman–Crippen MR) is 207 cm³/mol. The van der Waals surface area contributed by atoms with E-state index in [2.05, 4.69) is 20.8 Å². The van der Waals surface area contributed by atoms with Crippen LogP contribution in [-0.2, 0) is 38.1 Å². The van der Waals surface area contributed by atoms with E-state index < -0.39 is 16.4 Å². The Morgan fingerprint density at radius 3 is 1.54 bits per heavy atom. The zero-order valence-corrected chi connectivity index (χ0v) is 35.7. The highest BCUT2D eigenvalue weighted by Gasteiger charge is 2.60. The SMILES string of the molecule is CCC(C)(C)C(=O)OC(C)(C)C12CC3CC(CC(C3)C1)C2.CCC(C)(C)C(=O)OC12CC3CC(CC(O)(C3)C1)C2.CCC(C)(C)C(=O)OC1COC(=O)C1. The minimum Gasteiger partial charge on any atom is -0.462 e. The molecule has 308 valence electrons. The van der Waals surface area contributed by atoms with Crippen LogP contribution in [0.3, 0.4) is 0 Å². The van der Waals surface area contributed by atoms with Crippen molar-refractivity contribution in [3.8, 4) is 0 Å². The molecule has 8 aliphatic carbocycles. The van der Waals surface area contributed by atoms with E-state index in [0.717, 1.165) is 56.3 Å². The number of carbonyl (C=O) groups is 4. The van der Waals surface area contributed by atoms with Crippen molar-refractivity contribution in [2.24, 2.45) is 51.2 Å². The fourth-order valence-corrected chi connectivity index (χ4v) is 11.2. The van der Waals surface area contributed by atoms with Gasteiger partial charge < -0.3 is 24.1 Å². The molecule has 8 saturated carbocycles. The Morgan fingerprint density at radius 1 is 0.667 bits per heavy atom. The Labute approximate surface area is 326 Å². The summed E-state index contributed by atoms with van der Waals surface area (Å²) in [6, 6.07) is 0. The second-order valence-electron chi connectivity index (χ2n) is 21.5. The van der Waals surface area contributed by atoms with Gasteiger partial charge in [-0.15, -0.1) is 0 Å². The fraction of sp³-hybridized carbons (Fsp3) is 0.911. The van der Waals surface area contributed by atoms with Gasteiger partial charge >= 0.3 is 23.9 Å². The van der Waals surface area contributed by atoms with E-state index in [4.69, 9.17) is 18.9 Å². The first kappa shape index (κ1) is 43.0. The summed E-state index contributed by atoms with van der Waals surface area (Å²) in [6.07, 6.45) is 16.0. The third-order valence-electron chi connectivity index (χ3n) is 15.4. The monoisotopic (exact) mass is 759 g/mol. The molecule has 1 N–H and O–H groups in total. The minimum absolute atomic E-state index is 0.00857. The summed E-state index contributed by atoms with van der Waals surface area (Å²) in [6.45, 7) is 22.1. The first-order valence-electron chi connectivity index (χ1n) is 21.4. The van der Waals surface area contributed by atoms with Gasteiger partial charge in [-0.2, -0.15) is 0 Å². The van der Waals surface area contributed by atoms with E-state index in [9.17, 15) is 24.3 Å². The molecule has 8 bridgehead atoms. The molecule has 3 atom stereocenters. The number of hydrogen-bond donors (Lipinski definition) is 1. The average molecular weight is 759 g/mol. The number of ether oxygens (including phenoxy) is 4. The molecule has 1 saturated heterocycles. The predicted octanol–water partition coefficient (Wildman–Crippen LogP) is 9.29.